The van der Waals surface area contributed by atoms with Crippen LogP contribution in [0.2, 0.25) is 5.02 Å². The number of fused-ring (bicyclic) bond motifs is 1. The third-order valence-electron chi connectivity index (χ3n) is 6.48. The van der Waals surface area contributed by atoms with Crippen LogP contribution in [0.5, 0.6) is 5.75 Å². The molecular weight excluding hydrogens is 418 g/mol. The van der Waals surface area contributed by atoms with Gasteiger partial charge in [0.15, 0.2) is 0 Å². The third kappa shape index (κ3) is 4.13. The molecular formula is C27H28ClN3O. The summed E-state index contributed by atoms with van der Waals surface area (Å²) in [6.07, 6.45) is 8.63. The first kappa shape index (κ1) is 21.0. The van der Waals surface area contributed by atoms with Crippen molar-refractivity contribution in [1.29, 1.82) is 0 Å². The highest BCUT2D eigenvalue weighted by Crippen LogP contribution is 2.37. The van der Waals surface area contributed by atoms with Crippen LogP contribution in [0, 0.1) is 5.92 Å². The van der Waals surface area contributed by atoms with E-state index >= 15 is 0 Å². The summed E-state index contributed by atoms with van der Waals surface area (Å²) in [5.74, 6) is 1.49. The number of halogens is 1. The first-order valence-corrected chi connectivity index (χ1v) is 11.6. The van der Waals surface area contributed by atoms with Crippen molar-refractivity contribution < 1.29 is 4.74 Å². The summed E-state index contributed by atoms with van der Waals surface area (Å²) in [4.78, 5) is 7.00. The predicted octanol–water partition coefficient (Wildman–Crippen LogP) is 6.37. The van der Waals surface area contributed by atoms with Crippen molar-refractivity contribution in [3.05, 3.63) is 72.1 Å². The minimum absolute atomic E-state index is 0.650. The summed E-state index contributed by atoms with van der Waals surface area (Å²) in [7, 11) is 3.91. The number of piperidine rings is 1. The molecule has 5 rings (SSSR count). The van der Waals surface area contributed by atoms with Gasteiger partial charge in [0, 0.05) is 53.8 Å². The normalized spacial score (nSPS) is 17.0. The molecule has 4 aromatic rings. The van der Waals surface area contributed by atoms with E-state index in [9.17, 15) is 0 Å². The first-order chi connectivity index (χ1) is 15.6. The predicted molar refractivity (Wildman–Crippen MR) is 132 cm³/mol. The van der Waals surface area contributed by atoms with Gasteiger partial charge < -0.3 is 14.2 Å². The molecule has 3 heterocycles. The molecule has 1 unspecified atom stereocenters. The summed E-state index contributed by atoms with van der Waals surface area (Å²) in [6, 6.07) is 16.5. The van der Waals surface area contributed by atoms with Crippen LogP contribution in [0.15, 0.2) is 67.1 Å². The monoisotopic (exact) mass is 445 g/mol. The molecule has 0 bridgehead atoms. The van der Waals surface area contributed by atoms with Crippen molar-refractivity contribution in [3.63, 3.8) is 0 Å². The van der Waals surface area contributed by atoms with Crippen LogP contribution in [0.25, 0.3) is 33.2 Å². The molecule has 1 aliphatic rings. The molecule has 2 aromatic carbocycles. The van der Waals surface area contributed by atoms with E-state index in [0.717, 1.165) is 51.5 Å². The third-order valence-corrected chi connectivity index (χ3v) is 6.80. The standard InChI is InChI=1S/C27H28ClN3O/c1-30-11-5-6-19(16-30)17-31-18-24(27-25(28)9-4-10-26(27)31)22-12-21(14-29-15-22)20-7-3-8-23(13-20)32-2/h3-4,7-10,12-15,18-19H,5-6,11,16-17H2,1-2H3. The van der Waals surface area contributed by atoms with E-state index in [1.807, 2.05) is 42.7 Å². The van der Waals surface area contributed by atoms with E-state index in [4.69, 9.17) is 16.3 Å². The van der Waals surface area contributed by atoms with Crippen molar-refractivity contribution in [2.75, 3.05) is 27.2 Å². The van der Waals surface area contributed by atoms with Crippen LogP contribution in [0.3, 0.4) is 0 Å². The first-order valence-electron chi connectivity index (χ1n) is 11.2. The lowest BCUT2D eigenvalue weighted by Crippen LogP contribution is -2.33. The van der Waals surface area contributed by atoms with Gasteiger partial charge in [0.05, 0.1) is 17.6 Å². The molecule has 0 saturated carbocycles. The van der Waals surface area contributed by atoms with Crippen molar-refractivity contribution in [2.45, 2.75) is 19.4 Å². The fourth-order valence-corrected chi connectivity index (χ4v) is 5.20. The molecule has 1 aliphatic heterocycles. The lowest BCUT2D eigenvalue weighted by molar-refractivity contribution is 0.196. The quantitative estimate of drug-likeness (QED) is 0.357. The van der Waals surface area contributed by atoms with Gasteiger partial charge in [0.1, 0.15) is 5.75 Å². The number of ether oxygens (including phenoxy) is 1. The number of rotatable bonds is 5. The van der Waals surface area contributed by atoms with E-state index < -0.39 is 0 Å². The largest absolute Gasteiger partial charge is 0.497 e. The second-order valence-corrected chi connectivity index (χ2v) is 9.20. The van der Waals surface area contributed by atoms with Crippen LogP contribution in [0.4, 0.5) is 0 Å². The van der Waals surface area contributed by atoms with Gasteiger partial charge in [-0.1, -0.05) is 29.8 Å². The molecule has 2 aromatic heterocycles. The highest BCUT2D eigenvalue weighted by Gasteiger charge is 2.20. The molecule has 32 heavy (non-hydrogen) atoms. The molecule has 1 saturated heterocycles. The topological polar surface area (TPSA) is 30.3 Å². The minimum atomic E-state index is 0.650. The lowest BCUT2D eigenvalue weighted by atomic mass is 9.98. The second-order valence-electron chi connectivity index (χ2n) is 8.79. The fourth-order valence-electron chi connectivity index (χ4n) is 4.93. The molecule has 1 atom stereocenters. The molecule has 4 nitrogen and oxygen atoms in total. The zero-order valence-corrected chi connectivity index (χ0v) is 19.3. The number of hydrogen-bond acceptors (Lipinski definition) is 3. The van der Waals surface area contributed by atoms with Crippen LogP contribution in [0.1, 0.15) is 12.8 Å². The number of likely N-dealkylation sites (tertiary alicyclic amines) is 1. The average molecular weight is 446 g/mol. The number of methoxy groups -OCH3 is 1. The molecule has 164 valence electrons. The van der Waals surface area contributed by atoms with Crippen LogP contribution < -0.4 is 4.74 Å². The number of benzene rings is 2. The smallest absolute Gasteiger partial charge is 0.119 e. The summed E-state index contributed by atoms with van der Waals surface area (Å²) in [5.41, 5.74) is 5.53. The van der Waals surface area contributed by atoms with Crippen molar-refractivity contribution >= 4 is 22.5 Å². The minimum Gasteiger partial charge on any atom is -0.497 e. The number of hydrogen-bond donors (Lipinski definition) is 0. The summed E-state index contributed by atoms with van der Waals surface area (Å²) in [5, 5.41) is 1.88. The van der Waals surface area contributed by atoms with E-state index in [0.29, 0.717) is 5.92 Å². The SMILES string of the molecule is COc1cccc(-c2cncc(-c3cn(CC4CCCN(C)C4)c4cccc(Cl)c34)c2)c1. The highest BCUT2D eigenvalue weighted by atomic mass is 35.5. The summed E-state index contributed by atoms with van der Waals surface area (Å²) < 4.78 is 7.79. The van der Waals surface area contributed by atoms with Gasteiger partial charge in [-0.2, -0.15) is 0 Å². The van der Waals surface area contributed by atoms with Gasteiger partial charge in [0.2, 0.25) is 0 Å². The van der Waals surface area contributed by atoms with Crippen molar-refractivity contribution in [3.8, 4) is 28.0 Å². The van der Waals surface area contributed by atoms with Crippen LogP contribution in [-0.2, 0) is 6.54 Å². The Morgan fingerprint density at radius 2 is 1.91 bits per heavy atom. The van der Waals surface area contributed by atoms with E-state index in [-0.39, 0.29) is 0 Å². The Morgan fingerprint density at radius 1 is 1.06 bits per heavy atom. The number of aromatic nitrogens is 2. The Bertz CT molecular complexity index is 1250. The Hall–Kier alpha value is -2.82. The zero-order valence-electron chi connectivity index (χ0n) is 18.6. The summed E-state index contributed by atoms with van der Waals surface area (Å²) in [6.45, 7) is 3.34. The van der Waals surface area contributed by atoms with E-state index in [1.165, 1.54) is 24.9 Å². The maximum Gasteiger partial charge on any atom is 0.119 e. The Morgan fingerprint density at radius 3 is 2.75 bits per heavy atom. The van der Waals surface area contributed by atoms with Crippen LogP contribution in [-0.4, -0.2) is 41.7 Å². The molecule has 1 fully saturated rings. The van der Waals surface area contributed by atoms with Crippen LogP contribution >= 0.6 is 11.6 Å². The average Bonchev–Trinajstić information content (AvgIpc) is 3.19. The van der Waals surface area contributed by atoms with Crippen molar-refractivity contribution in [1.82, 2.24) is 14.5 Å². The molecule has 0 aliphatic carbocycles. The Kier molecular flexibility index (Phi) is 5.90. The van der Waals surface area contributed by atoms with Crippen molar-refractivity contribution in [2.24, 2.45) is 5.92 Å². The number of nitrogens with zero attached hydrogens (tertiary/aromatic N) is 3. The maximum atomic E-state index is 6.73. The van der Waals surface area contributed by atoms with Gasteiger partial charge in [0.25, 0.3) is 0 Å². The molecule has 0 N–H and O–H groups in total. The summed E-state index contributed by atoms with van der Waals surface area (Å²) >= 11 is 6.73. The maximum absolute atomic E-state index is 6.73. The highest BCUT2D eigenvalue weighted by molar-refractivity contribution is 6.36. The zero-order chi connectivity index (χ0) is 22.1. The van der Waals surface area contributed by atoms with Gasteiger partial charge >= 0.3 is 0 Å². The van der Waals surface area contributed by atoms with Gasteiger partial charge in [-0.05, 0) is 68.2 Å². The Labute approximate surface area is 194 Å². The second kappa shape index (κ2) is 8.97. The lowest BCUT2D eigenvalue weighted by Gasteiger charge is -2.30. The molecule has 0 amide bonds. The fraction of sp³-hybridized carbons (Fsp3) is 0.296. The van der Waals surface area contributed by atoms with Gasteiger partial charge in [-0.15, -0.1) is 0 Å². The van der Waals surface area contributed by atoms with E-state index in [1.54, 1.807) is 7.11 Å². The van der Waals surface area contributed by atoms with Gasteiger partial charge in [-0.25, -0.2) is 0 Å². The van der Waals surface area contributed by atoms with Gasteiger partial charge in [-0.3, -0.25) is 4.98 Å². The molecule has 0 radical (unpaired) electrons. The van der Waals surface area contributed by atoms with E-state index in [2.05, 4.69) is 45.9 Å². The Balaban J connectivity index is 1.57. The molecule has 0 spiro atoms. The molecule has 5 heteroatoms. The number of pyridine rings is 1.